The summed E-state index contributed by atoms with van der Waals surface area (Å²) in [5.41, 5.74) is 6.32. The van der Waals surface area contributed by atoms with Gasteiger partial charge in [-0.3, -0.25) is 19.7 Å². The fourth-order valence-electron chi connectivity index (χ4n) is 4.36. The first-order chi connectivity index (χ1) is 15.8. The fraction of sp³-hybridized carbons (Fsp3) is 0.269. The minimum atomic E-state index is -0.123. The molecule has 0 aliphatic carbocycles. The summed E-state index contributed by atoms with van der Waals surface area (Å²) in [4.78, 5) is 24.4. The van der Waals surface area contributed by atoms with Gasteiger partial charge >= 0.3 is 0 Å². The molecule has 1 saturated heterocycles. The van der Waals surface area contributed by atoms with Crippen LogP contribution in [0, 0.1) is 0 Å². The van der Waals surface area contributed by atoms with Gasteiger partial charge in [0.2, 0.25) is 0 Å². The minimum absolute atomic E-state index is 0.123. The van der Waals surface area contributed by atoms with E-state index in [0.717, 1.165) is 47.7 Å². The van der Waals surface area contributed by atoms with Gasteiger partial charge in [0.05, 0.1) is 17.6 Å². The van der Waals surface area contributed by atoms with Crippen LogP contribution in [0.3, 0.4) is 0 Å². The molecule has 5 rings (SSSR count). The molecule has 32 heavy (non-hydrogen) atoms. The Hall–Kier alpha value is -3.51. The van der Waals surface area contributed by atoms with Crippen LogP contribution in [0.2, 0.25) is 0 Å². The molecule has 0 radical (unpaired) electrons. The Morgan fingerprint density at radius 1 is 1.03 bits per heavy atom. The van der Waals surface area contributed by atoms with E-state index in [-0.39, 0.29) is 5.91 Å². The maximum atomic E-state index is 13.1. The molecule has 1 amide bonds. The lowest BCUT2D eigenvalue weighted by molar-refractivity contribution is -0.111. The third-order valence-corrected chi connectivity index (χ3v) is 6.06. The molecule has 1 fully saturated rings. The number of rotatable bonds is 5. The van der Waals surface area contributed by atoms with E-state index in [2.05, 4.69) is 31.6 Å². The molecule has 2 aromatic heterocycles. The molecule has 0 bridgehead atoms. The van der Waals surface area contributed by atoms with Crippen LogP contribution in [0.1, 0.15) is 30.5 Å². The van der Waals surface area contributed by atoms with Gasteiger partial charge in [0.15, 0.2) is 0 Å². The Labute approximate surface area is 188 Å². The molecule has 6 nitrogen and oxygen atoms in total. The number of hydrogen-bond acceptors (Lipinski definition) is 5. The molecule has 1 aromatic carbocycles. The van der Waals surface area contributed by atoms with Gasteiger partial charge in [-0.1, -0.05) is 24.6 Å². The molecule has 0 saturated carbocycles. The van der Waals surface area contributed by atoms with E-state index >= 15 is 0 Å². The summed E-state index contributed by atoms with van der Waals surface area (Å²) in [5, 5.41) is 6.37. The molecule has 2 N–H and O–H groups in total. The van der Waals surface area contributed by atoms with Crippen molar-refractivity contribution in [1.29, 1.82) is 0 Å². The van der Waals surface area contributed by atoms with Crippen LogP contribution in [-0.4, -0.2) is 40.4 Å². The molecular weight excluding hydrogens is 398 g/mol. The van der Waals surface area contributed by atoms with Gasteiger partial charge in [-0.05, 0) is 61.8 Å². The first-order valence-electron chi connectivity index (χ1n) is 11.2. The summed E-state index contributed by atoms with van der Waals surface area (Å²) in [6.45, 7) is 3.77. The molecule has 2 aliphatic heterocycles. The first kappa shape index (κ1) is 20.4. The topological polar surface area (TPSA) is 70.2 Å². The zero-order valence-corrected chi connectivity index (χ0v) is 18.1. The Bertz CT molecular complexity index is 1120. The van der Waals surface area contributed by atoms with Gasteiger partial charge in [-0.2, -0.15) is 0 Å². The van der Waals surface area contributed by atoms with Gasteiger partial charge < -0.3 is 10.6 Å². The predicted molar refractivity (Wildman–Crippen MR) is 128 cm³/mol. The number of fused-ring (bicyclic) bond motifs is 1. The van der Waals surface area contributed by atoms with Gasteiger partial charge in [-0.25, -0.2) is 0 Å². The van der Waals surface area contributed by atoms with Crippen molar-refractivity contribution in [3.8, 4) is 11.1 Å². The van der Waals surface area contributed by atoms with Gasteiger partial charge in [0.1, 0.15) is 0 Å². The molecule has 4 heterocycles. The predicted octanol–water partition coefficient (Wildman–Crippen LogP) is 4.58. The quantitative estimate of drug-likeness (QED) is 0.626. The molecular formula is C26H27N5O. The highest BCUT2D eigenvalue weighted by Gasteiger charge is 2.20. The maximum absolute atomic E-state index is 13.1. The van der Waals surface area contributed by atoms with Crippen molar-refractivity contribution in [2.45, 2.75) is 25.8 Å². The number of nitrogens with one attached hydrogen (secondary N) is 2. The average Bonchev–Trinajstić information content (AvgIpc) is 2.85. The van der Waals surface area contributed by atoms with E-state index in [4.69, 9.17) is 0 Å². The number of anilines is 2. The van der Waals surface area contributed by atoms with Crippen LogP contribution in [0.25, 0.3) is 16.7 Å². The zero-order chi connectivity index (χ0) is 21.8. The normalized spacial score (nSPS) is 15.9. The van der Waals surface area contributed by atoms with Crippen molar-refractivity contribution in [2.75, 3.05) is 30.3 Å². The van der Waals surface area contributed by atoms with Crippen molar-refractivity contribution >= 4 is 22.9 Å². The number of piperidine rings is 1. The Balaban J connectivity index is 1.30. The highest BCUT2D eigenvalue weighted by atomic mass is 16.1. The molecule has 0 spiro atoms. The minimum Gasteiger partial charge on any atom is -0.381 e. The lowest BCUT2D eigenvalue weighted by Gasteiger charge is -2.25. The van der Waals surface area contributed by atoms with Crippen LogP contribution in [-0.2, 0) is 11.3 Å². The number of aromatic nitrogens is 2. The van der Waals surface area contributed by atoms with E-state index < -0.39 is 0 Å². The number of likely N-dealkylation sites (tertiary alicyclic amines) is 1. The van der Waals surface area contributed by atoms with Crippen molar-refractivity contribution in [2.24, 2.45) is 0 Å². The van der Waals surface area contributed by atoms with E-state index in [0.29, 0.717) is 17.8 Å². The monoisotopic (exact) mass is 425 g/mol. The summed E-state index contributed by atoms with van der Waals surface area (Å²) in [6, 6.07) is 14.0. The molecule has 3 aromatic rings. The zero-order valence-electron chi connectivity index (χ0n) is 18.1. The number of hydrogen-bond donors (Lipinski definition) is 2. The summed E-state index contributed by atoms with van der Waals surface area (Å²) < 4.78 is 0. The van der Waals surface area contributed by atoms with Crippen LogP contribution in [0.15, 0.2) is 67.1 Å². The lowest BCUT2D eigenvalue weighted by Crippen LogP contribution is -2.29. The average molecular weight is 426 g/mol. The Morgan fingerprint density at radius 3 is 2.72 bits per heavy atom. The van der Waals surface area contributed by atoms with E-state index in [1.54, 1.807) is 12.4 Å². The number of carbonyl (C=O) groups excluding carboxylic acids is 1. The number of nitrogens with zero attached hydrogens (tertiary/aromatic N) is 3. The second kappa shape index (κ2) is 9.32. The van der Waals surface area contributed by atoms with Crippen LogP contribution >= 0.6 is 0 Å². The number of carbonyl (C=O) groups is 1. The highest BCUT2D eigenvalue weighted by Crippen LogP contribution is 2.32. The lowest BCUT2D eigenvalue weighted by atomic mass is 9.95. The van der Waals surface area contributed by atoms with Gasteiger partial charge in [0, 0.05) is 47.9 Å². The van der Waals surface area contributed by atoms with E-state index in [1.165, 1.54) is 19.3 Å². The number of pyridine rings is 2. The van der Waals surface area contributed by atoms with Crippen molar-refractivity contribution < 1.29 is 4.79 Å². The molecule has 0 unspecified atom stereocenters. The Kier molecular flexibility index (Phi) is 5.94. The third kappa shape index (κ3) is 4.55. The number of amides is 1. The smallest absolute Gasteiger partial charge is 0.256 e. The summed E-state index contributed by atoms with van der Waals surface area (Å²) in [7, 11) is 0. The van der Waals surface area contributed by atoms with E-state index in [1.807, 2.05) is 48.7 Å². The standard InChI is InChI=1S/C26H27N5O/c32-26(30-21-7-8-22(29-17-21)18-31-13-2-1-3-14-31)23-10-12-28-25-9-6-19(15-24(23)25)20-5-4-11-27-16-20/h4-11,15-17,28H,1-3,12-14,18H2,(H,30,32). The number of benzene rings is 1. The molecule has 0 atom stereocenters. The summed E-state index contributed by atoms with van der Waals surface area (Å²) >= 11 is 0. The summed E-state index contributed by atoms with van der Waals surface area (Å²) in [6.07, 6.45) is 11.1. The van der Waals surface area contributed by atoms with Crippen molar-refractivity contribution in [3.63, 3.8) is 0 Å². The third-order valence-electron chi connectivity index (χ3n) is 6.06. The molecule has 2 aliphatic rings. The fourth-order valence-corrected chi connectivity index (χ4v) is 4.36. The SMILES string of the molecule is O=C(Nc1ccc(CN2CCCCC2)nc1)C1=CCNc2ccc(-c3cccnc3)cc21. The van der Waals surface area contributed by atoms with Crippen molar-refractivity contribution in [1.82, 2.24) is 14.9 Å². The summed E-state index contributed by atoms with van der Waals surface area (Å²) in [5.74, 6) is -0.123. The van der Waals surface area contributed by atoms with Gasteiger partial charge in [0.25, 0.3) is 5.91 Å². The van der Waals surface area contributed by atoms with Crippen LogP contribution < -0.4 is 10.6 Å². The largest absolute Gasteiger partial charge is 0.381 e. The second-order valence-corrected chi connectivity index (χ2v) is 8.33. The molecule has 6 heteroatoms. The first-order valence-corrected chi connectivity index (χ1v) is 11.2. The van der Waals surface area contributed by atoms with Crippen LogP contribution in [0.5, 0.6) is 0 Å². The van der Waals surface area contributed by atoms with E-state index in [9.17, 15) is 4.79 Å². The second-order valence-electron chi connectivity index (χ2n) is 8.33. The Morgan fingerprint density at radius 2 is 1.94 bits per heavy atom. The van der Waals surface area contributed by atoms with Crippen molar-refractivity contribution in [3.05, 3.63) is 78.4 Å². The molecule has 162 valence electrons. The highest BCUT2D eigenvalue weighted by molar-refractivity contribution is 6.27. The maximum Gasteiger partial charge on any atom is 0.256 e. The van der Waals surface area contributed by atoms with Gasteiger partial charge in [-0.15, -0.1) is 0 Å². The van der Waals surface area contributed by atoms with Crippen LogP contribution in [0.4, 0.5) is 11.4 Å².